The molecule has 3 heterocycles. The van der Waals surface area contributed by atoms with Crippen molar-refractivity contribution < 1.29 is 4.79 Å². The summed E-state index contributed by atoms with van der Waals surface area (Å²) in [4.78, 5) is 24.3. The number of carbonyl (C=O) groups excluding carboxylic acids is 1. The van der Waals surface area contributed by atoms with E-state index >= 15 is 0 Å². The summed E-state index contributed by atoms with van der Waals surface area (Å²) in [7, 11) is 3.38. The predicted molar refractivity (Wildman–Crippen MR) is 135 cm³/mol. The van der Waals surface area contributed by atoms with Gasteiger partial charge in [0.2, 0.25) is 0 Å². The van der Waals surface area contributed by atoms with Crippen LogP contribution in [0.25, 0.3) is 0 Å². The van der Waals surface area contributed by atoms with Gasteiger partial charge >= 0.3 is 0 Å². The SMILES string of the molecule is CC(C)C1CN(c2ccc(C(=O)N(C)C)nn2)CCN1C(N)=NC1=CC=CC2C1=CC=CN2C#N. The maximum absolute atomic E-state index is 12.1. The first kappa shape index (κ1) is 24.0. The predicted octanol–water partition coefficient (Wildman–Crippen LogP) is 1.70. The number of nitrogens with two attached hydrogens (primary N) is 1. The molecule has 1 aliphatic carbocycles. The van der Waals surface area contributed by atoms with Crippen LogP contribution in [0.1, 0.15) is 24.3 Å². The summed E-state index contributed by atoms with van der Waals surface area (Å²) >= 11 is 0. The molecule has 0 bridgehead atoms. The number of aliphatic imine (C=N–C) groups is 1. The van der Waals surface area contributed by atoms with Gasteiger partial charge in [0.25, 0.3) is 5.91 Å². The maximum Gasteiger partial charge on any atom is 0.273 e. The number of piperazine rings is 1. The highest BCUT2D eigenvalue weighted by Crippen LogP contribution is 2.29. The van der Waals surface area contributed by atoms with Crippen molar-refractivity contribution in [1.82, 2.24) is 24.9 Å². The van der Waals surface area contributed by atoms with E-state index in [9.17, 15) is 10.1 Å². The molecule has 1 saturated heterocycles. The van der Waals surface area contributed by atoms with Gasteiger partial charge in [0, 0.05) is 45.5 Å². The lowest BCUT2D eigenvalue weighted by Crippen LogP contribution is -2.59. The number of amides is 1. The molecule has 2 atom stereocenters. The highest BCUT2D eigenvalue weighted by atomic mass is 16.2. The topological polar surface area (TPSA) is 118 Å². The third kappa shape index (κ3) is 4.89. The van der Waals surface area contributed by atoms with Crippen molar-refractivity contribution >= 4 is 17.7 Å². The molecular formula is C25H31N9O. The first-order chi connectivity index (χ1) is 16.8. The van der Waals surface area contributed by atoms with Gasteiger partial charge in [0.1, 0.15) is 0 Å². The first-order valence-corrected chi connectivity index (χ1v) is 11.7. The smallest absolute Gasteiger partial charge is 0.273 e. The molecule has 3 aliphatic rings. The molecule has 2 N–H and O–H groups in total. The number of fused-ring (bicyclic) bond motifs is 1. The highest BCUT2D eigenvalue weighted by Gasteiger charge is 2.32. The molecule has 1 aromatic heterocycles. The molecule has 35 heavy (non-hydrogen) atoms. The molecule has 0 radical (unpaired) electrons. The Balaban J connectivity index is 1.51. The maximum atomic E-state index is 12.1. The van der Waals surface area contributed by atoms with E-state index in [1.807, 2.05) is 36.4 Å². The normalized spacial score (nSPS) is 21.9. The molecular weight excluding hydrogens is 442 g/mol. The van der Waals surface area contributed by atoms with Crippen LogP contribution in [0.15, 0.2) is 65.0 Å². The minimum Gasteiger partial charge on any atom is -0.369 e. The minimum absolute atomic E-state index is 0.115. The average Bonchev–Trinajstić information content (AvgIpc) is 2.87. The van der Waals surface area contributed by atoms with E-state index < -0.39 is 0 Å². The Morgan fingerprint density at radius 3 is 2.69 bits per heavy atom. The zero-order valence-electron chi connectivity index (χ0n) is 20.5. The van der Waals surface area contributed by atoms with E-state index in [1.165, 1.54) is 4.90 Å². The number of guanidine groups is 1. The third-order valence-corrected chi connectivity index (χ3v) is 6.42. The van der Waals surface area contributed by atoms with Gasteiger partial charge in [0.05, 0.1) is 17.8 Å². The fourth-order valence-corrected chi connectivity index (χ4v) is 4.46. The molecule has 1 aromatic rings. The lowest BCUT2D eigenvalue weighted by atomic mass is 9.95. The summed E-state index contributed by atoms with van der Waals surface area (Å²) in [6.45, 7) is 6.41. The standard InChI is InChI=1S/C25H31N9O/c1-17(2)22-15-32(23-11-10-20(29-30-23)24(35)31(3)4)13-14-34(22)25(27)28-19-8-5-9-21-18(19)7-6-12-33(21)16-26/h5-12,17,21-22H,13-15H2,1-4H3,(H2,27,28). The molecule has 4 rings (SSSR count). The van der Waals surface area contributed by atoms with Gasteiger partial charge in [-0.2, -0.15) is 5.26 Å². The van der Waals surface area contributed by atoms with Crippen LogP contribution in [0, 0.1) is 17.4 Å². The van der Waals surface area contributed by atoms with Gasteiger partial charge in [-0.3, -0.25) is 9.69 Å². The van der Waals surface area contributed by atoms with Crippen molar-refractivity contribution in [2.45, 2.75) is 25.9 Å². The van der Waals surface area contributed by atoms with Crippen molar-refractivity contribution in [3.05, 3.63) is 65.7 Å². The average molecular weight is 474 g/mol. The molecule has 0 spiro atoms. The summed E-state index contributed by atoms with van der Waals surface area (Å²) in [5, 5.41) is 17.9. The van der Waals surface area contributed by atoms with Gasteiger partial charge in [-0.15, -0.1) is 10.2 Å². The number of nitrogens with zero attached hydrogens (tertiary/aromatic N) is 8. The molecule has 1 fully saturated rings. The Hall–Kier alpha value is -4.13. The van der Waals surface area contributed by atoms with Gasteiger partial charge in [-0.1, -0.05) is 32.1 Å². The Bertz CT molecular complexity index is 1150. The molecule has 2 aliphatic heterocycles. The van der Waals surface area contributed by atoms with Crippen LogP contribution in [0.4, 0.5) is 5.82 Å². The van der Waals surface area contributed by atoms with Crippen LogP contribution in [-0.4, -0.2) is 82.6 Å². The second kappa shape index (κ2) is 10.0. The van der Waals surface area contributed by atoms with Gasteiger partial charge in [-0.25, -0.2) is 4.99 Å². The fourth-order valence-electron chi connectivity index (χ4n) is 4.46. The largest absolute Gasteiger partial charge is 0.369 e. The minimum atomic E-state index is -0.173. The summed E-state index contributed by atoms with van der Waals surface area (Å²) in [6, 6.07) is 3.51. The number of carbonyl (C=O) groups is 1. The van der Waals surface area contributed by atoms with Crippen molar-refractivity contribution in [2.75, 3.05) is 38.6 Å². The van der Waals surface area contributed by atoms with E-state index in [0.717, 1.165) is 17.1 Å². The molecule has 182 valence electrons. The van der Waals surface area contributed by atoms with E-state index in [1.54, 1.807) is 31.3 Å². The van der Waals surface area contributed by atoms with E-state index in [0.29, 0.717) is 37.2 Å². The van der Waals surface area contributed by atoms with E-state index in [4.69, 9.17) is 10.7 Å². The summed E-state index contributed by atoms with van der Waals surface area (Å²) in [5.74, 6) is 1.34. The van der Waals surface area contributed by atoms with Crippen LogP contribution < -0.4 is 10.6 Å². The molecule has 10 nitrogen and oxygen atoms in total. The number of hydrogen-bond donors (Lipinski definition) is 1. The zero-order chi connectivity index (χ0) is 25.1. The summed E-state index contributed by atoms with van der Waals surface area (Å²) < 4.78 is 0. The van der Waals surface area contributed by atoms with E-state index in [-0.39, 0.29) is 18.0 Å². The van der Waals surface area contributed by atoms with Gasteiger partial charge in [0.15, 0.2) is 23.7 Å². The van der Waals surface area contributed by atoms with Gasteiger partial charge in [-0.05, 0) is 30.2 Å². The number of hydrogen-bond acceptors (Lipinski definition) is 7. The van der Waals surface area contributed by atoms with E-state index in [2.05, 4.69) is 40.0 Å². The zero-order valence-corrected chi connectivity index (χ0v) is 20.5. The third-order valence-electron chi connectivity index (χ3n) is 6.42. The molecule has 0 aromatic carbocycles. The summed E-state index contributed by atoms with van der Waals surface area (Å²) in [6.07, 6.45) is 13.6. The number of allylic oxidation sites excluding steroid dienone is 4. The first-order valence-electron chi connectivity index (χ1n) is 11.7. The molecule has 1 amide bonds. The van der Waals surface area contributed by atoms with Crippen LogP contribution in [0.2, 0.25) is 0 Å². The van der Waals surface area contributed by atoms with Crippen LogP contribution >= 0.6 is 0 Å². The lowest BCUT2D eigenvalue weighted by Gasteiger charge is -2.44. The van der Waals surface area contributed by atoms with Crippen molar-refractivity contribution in [3.63, 3.8) is 0 Å². The van der Waals surface area contributed by atoms with Crippen LogP contribution in [0.3, 0.4) is 0 Å². The Morgan fingerprint density at radius 2 is 2.03 bits per heavy atom. The van der Waals surface area contributed by atoms with Crippen molar-refractivity contribution in [2.24, 2.45) is 16.6 Å². The number of nitriles is 1. The number of rotatable bonds is 4. The molecule has 0 saturated carbocycles. The van der Waals surface area contributed by atoms with Crippen LogP contribution in [-0.2, 0) is 0 Å². The second-order valence-electron chi connectivity index (χ2n) is 9.25. The van der Waals surface area contributed by atoms with Crippen molar-refractivity contribution in [1.29, 1.82) is 5.26 Å². The number of aromatic nitrogens is 2. The number of anilines is 1. The molecule has 2 unspecified atom stereocenters. The van der Waals surface area contributed by atoms with Gasteiger partial charge < -0.3 is 20.4 Å². The Kier molecular flexibility index (Phi) is 6.87. The quantitative estimate of drug-likeness (QED) is 0.399. The monoisotopic (exact) mass is 473 g/mol. The van der Waals surface area contributed by atoms with Crippen LogP contribution in [0.5, 0.6) is 0 Å². The fraction of sp³-hybridized carbons (Fsp3) is 0.400. The summed E-state index contributed by atoms with van der Waals surface area (Å²) in [5.41, 5.74) is 8.59. The molecule has 10 heteroatoms. The Labute approximate surface area is 206 Å². The lowest BCUT2D eigenvalue weighted by molar-refractivity contribution is 0.0821. The Morgan fingerprint density at radius 1 is 1.23 bits per heavy atom. The second-order valence-corrected chi connectivity index (χ2v) is 9.25. The van der Waals surface area contributed by atoms with Crippen molar-refractivity contribution in [3.8, 4) is 6.19 Å². The highest BCUT2D eigenvalue weighted by molar-refractivity contribution is 5.91.